The maximum absolute atomic E-state index is 14.4. The van der Waals surface area contributed by atoms with Crippen LogP contribution in [0.5, 0.6) is 0 Å². The lowest BCUT2D eigenvalue weighted by molar-refractivity contribution is -0.120. The Bertz CT molecular complexity index is 972. The van der Waals surface area contributed by atoms with Crippen molar-refractivity contribution < 1.29 is 9.18 Å². The Morgan fingerprint density at radius 2 is 1.79 bits per heavy atom. The molecule has 2 aromatic carbocycles. The summed E-state index contributed by atoms with van der Waals surface area (Å²) in [5.74, 6) is 0.244. The zero-order valence-corrected chi connectivity index (χ0v) is 17.7. The van der Waals surface area contributed by atoms with Crippen molar-refractivity contribution in [3.63, 3.8) is 0 Å². The van der Waals surface area contributed by atoms with Crippen LogP contribution < -0.4 is 5.32 Å². The molecule has 0 saturated carbocycles. The van der Waals surface area contributed by atoms with E-state index < -0.39 is 0 Å². The lowest BCUT2D eigenvalue weighted by Crippen LogP contribution is -2.43. The van der Waals surface area contributed by atoms with Crippen molar-refractivity contribution in [1.82, 2.24) is 20.1 Å². The molecule has 0 fully saturated rings. The molecule has 0 aliphatic heterocycles. The summed E-state index contributed by atoms with van der Waals surface area (Å²) in [7, 11) is 0. The molecular formula is C22H25FN4OS. The third-order valence-electron chi connectivity index (χ3n) is 4.71. The Balaban J connectivity index is 1.87. The van der Waals surface area contributed by atoms with Crippen LogP contribution in [0.1, 0.15) is 32.8 Å². The summed E-state index contributed by atoms with van der Waals surface area (Å²) in [6, 6.07) is 16.4. The van der Waals surface area contributed by atoms with Crippen molar-refractivity contribution in [2.45, 2.75) is 44.4 Å². The predicted molar refractivity (Wildman–Crippen MR) is 114 cm³/mol. The summed E-state index contributed by atoms with van der Waals surface area (Å²) in [5, 5.41) is 12.1. The van der Waals surface area contributed by atoms with E-state index in [-0.39, 0.29) is 23.0 Å². The molecular weight excluding hydrogens is 387 g/mol. The smallest absolute Gasteiger partial charge is 0.230 e. The van der Waals surface area contributed by atoms with Crippen LogP contribution in [0.15, 0.2) is 59.8 Å². The Morgan fingerprint density at radius 1 is 1.10 bits per heavy atom. The molecule has 1 amide bonds. The van der Waals surface area contributed by atoms with E-state index in [1.807, 2.05) is 55.7 Å². The average molecular weight is 413 g/mol. The third kappa shape index (κ3) is 5.44. The van der Waals surface area contributed by atoms with Crippen LogP contribution in [-0.4, -0.2) is 32.0 Å². The fourth-order valence-corrected chi connectivity index (χ4v) is 3.52. The van der Waals surface area contributed by atoms with Crippen LogP contribution in [0.25, 0.3) is 11.4 Å². The first kappa shape index (κ1) is 21.0. The van der Waals surface area contributed by atoms with E-state index >= 15 is 0 Å². The SMILES string of the molecule is CCC(C)(C)NC(=O)CSc1nnc(-c2ccccc2F)n1Cc1ccccc1. The van der Waals surface area contributed by atoms with E-state index in [0.29, 0.717) is 23.1 Å². The number of nitrogens with zero attached hydrogens (tertiary/aromatic N) is 3. The first-order valence-corrected chi connectivity index (χ1v) is 10.5. The maximum atomic E-state index is 14.4. The molecule has 0 spiro atoms. The molecule has 29 heavy (non-hydrogen) atoms. The van der Waals surface area contributed by atoms with E-state index in [9.17, 15) is 9.18 Å². The fraction of sp³-hybridized carbons (Fsp3) is 0.318. The number of nitrogens with one attached hydrogen (secondary N) is 1. The van der Waals surface area contributed by atoms with E-state index in [1.165, 1.54) is 17.8 Å². The van der Waals surface area contributed by atoms with Gasteiger partial charge in [-0.05, 0) is 38.0 Å². The predicted octanol–water partition coefficient (Wildman–Crippen LogP) is 4.53. The second kappa shape index (κ2) is 9.22. The van der Waals surface area contributed by atoms with Gasteiger partial charge < -0.3 is 5.32 Å². The summed E-state index contributed by atoms with van der Waals surface area (Å²) >= 11 is 1.30. The van der Waals surface area contributed by atoms with Crippen LogP contribution in [0.3, 0.4) is 0 Å². The quantitative estimate of drug-likeness (QED) is 0.552. The number of carbonyl (C=O) groups is 1. The summed E-state index contributed by atoms with van der Waals surface area (Å²) in [6.07, 6.45) is 0.838. The monoisotopic (exact) mass is 412 g/mol. The minimum atomic E-state index is -0.354. The van der Waals surface area contributed by atoms with Crippen molar-refractivity contribution in [3.05, 3.63) is 66.0 Å². The molecule has 1 aromatic heterocycles. The number of thioether (sulfide) groups is 1. The second-order valence-corrected chi connectivity index (χ2v) is 8.37. The molecule has 1 N–H and O–H groups in total. The molecule has 7 heteroatoms. The Morgan fingerprint density at radius 3 is 2.48 bits per heavy atom. The molecule has 3 rings (SSSR count). The molecule has 3 aromatic rings. The van der Waals surface area contributed by atoms with Gasteiger partial charge in [-0.3, -0.25) is 9.36 Å². The van der Waals surface area contributed by atoms with E-state index in [1.54, 1.807) is 18.2 Å². The normalized spacial score (nSPS) is 11.4. The summed E-state index contributed by atoms with van der Waals surface area (Å²) in [6.45, 7) is 6.50. The highest BCUT2D eigenvalue weighted by atomic mass is 32.2. The van der Waals surface area contributed by atoms with Gasteiger partial charge in [0.1, 0.15) is 5.82 Å². The summed E-state index contributed by atoms with van der Waals surface area (Å²) < 4.78 is 16.2. The van der Waals surface area contributed by atoms with Gasteiger partial charge in [0.2, 0.25) is 5.91 Å². The highest BCUT2D eigenvalue weighted by Gasteiger charge is 2.21. The van der Waals surface area contributed by atoms with Gasteiger partial charge in [-0.1, -0.05) is 61.2 Å². The van der Waals surface area contributed by atoms with Gasteiger partial charge in [-0.15, -0.1) is 10.2 Å². The molecule has 0 radical (unpaired) electrons. The second-order valence-electron chi connectivity index (χ2n) is 7.43. The van der Waals surface area contributed by atoms with Crippen molar-refractivity contribution in [2.75, 3.05) is 5.75 Å². The molecule has 152 valence electrons. The van der Waals surface area contributed by atoms with Crippen LogP contribution in [0.2, 0.25) is 0 Å². The molecule has 1 heterocycles. The number of aromatic nitrogens is 3. The number of halogens is 1. The van der Waals surface area contributed by atoms with Crippen LogP contribution in [0.4, 0.5) is 4.39 Å². The summed E-state index contributed by atoms with van der Waals surface area (Å²) in [4.78, 5) is 12.3. The van der Waals surface area contributed by atoms with Crippen LogP contribution in [-0.2, 0) is 11.3 Å². The number of hydrogen-bond donors (Lipinski definition) is 1. The highest BCUT2D eigenvalue weighted by molar-refractivity contribution is 7.99. The number of carbonyl (C=O) groups excluding carboxylic acids is 1. The van der Waals surface area contributed by atoms with Gasteiger partial charge in [0, 0.05) is 5.54 Å². The Kier molecular flexibility index (Phi) is 6.69. The lowest BCUT2D eigenvalue weighted by atomic mass is 10.0. The van der Waals surface area contributed by atoms with Gasteiger partial charge in [0.15, 0.2) is 11.0 Å². The van der Waals surface area contributed by atoms with E-state index in [4.69, 9.17) is 0 Å². The molecule has 0 aliphatic carbocycles. The van der Waals surface area contributed by atoms with Gasteiger partial charge in [-0.2, -0.15) is 0 Å². The molecule has 0 saturated heterocycles. The Hall–Kier alpha value is -2.67. The fourth-order valence-electron chi connectivity index (χ4n) is 2.78. The van der Waals surface area contributed by atoms with Crippen molar-refractivity contribution in [2.24, 2.45) is 0 Å². The minimum absolute atomic E-state index is 0.0662. The number of rotatable bonds is 8. The zero-order valence-electron chi connectivity index (χ0n) is 16.9. The maximum Gasteiger partial charge on any atom is 0.230 e. The van der Waals surface area contributed by atoms with Crippen molar-refractivity contribution in [1.29, 1.82) is 0 Å². The Labute approximate surface area is 174 Å². The largest absolute Gasteiger partial charge is 0.351 e. The lowest BCUT2D eigenvalue weighted by Gasteiger charge is -2.24. The van der Waals surface area contributed by atoms with Crippen LogP contribution in [0, 0.1) is 5.82 Å². The first-order chi connectivity index (χ1) is 13.9. The molecule has 0 bridgehead atoms. The average Bonchev–Trinajstić information content (AvgIpc) is 3.09. The molecule has 0 aliphatic rings. The summed E-state index contributed by atoms with van der Waals surface area (Å²) in [5.41, 5.74) is 1.18. The van der Waals surface area contributed by atoms with Crippen molar-refractivity contribution in [3.8, 4) is 11.4 Å². The van der Waals surface area contributed by atoms with Gasteiger partial charge in [0.25, 0.3) is 0 Å². The van der Waals surface area contributed by atoms with E-state index in [0.717, 1.165) is 12.0 Å². The zero-order chi connectivity index (χ0) is 20.9. The number of benzene rings is 2. The van der Waals surface area contributed by atoms with Crippen molar-refractivity contribution >= 4 is 17.7 Å². The van der Waals surface area contributed by atoms with Gasteiger partial charge in [-0.25, -0.2) is 4.39 Å². The van der Waals surface area contributed by atoms with Gasteiger partial charge >= 0.3 is 0 Å². The molecule has 0 unspecified atom stereocenters. The highest BCUT2D eigenvalue weighted by Crippen LogP contribution is 2.27. The molecule has 0 atom stereocenters. The standard InChI is InChI=1S/C22H25FN4OS/c1-4-22(2,3)24-19(28)15-29-21-26-25-20(17-12-8-9-13-18(17)23)27(21)14-16-10-6-5-7-11-16/h5-13H,4,14-15H2,1-3H3,(H,24,28). The van der Waals surface area contributed by atoms with E-state index in [2.05, 4.69) is 15.5 Å². The van der Waals surface area contributed by atoms with Crippen LogP contribution >= 0.6 is 11.8 Å². The minimum Gasteiger partial charge on any atom is -0.351 e. The first-order valence-electron chi connectivity index (χ1n) is 9.55. The topological polar surface area (TPSA) is 59.8 Å². The number of amides is 1. The molecule has 5 nitrogen and oxygen atoms in total. The third-order valence-corrected chi connectivity index (χ3v) is 5.68. The number of hydrogen-bond acceptors (Lipinski definition) is 4. The van der Waals surface area contributed by atoms with Gasteiger partial charge in [0.05, 0.1) is 17.9 Å².